The molecule has 0 atom stereocenters. The maximum Gasteiger partial charge on any atom is 0.338 e. The largest absolute Gasteiger partial charge is 0.422 e. The number of ether oxygens (including phenoxy) is 1. The predicted octanol–water partition coefficient (Wildman–Crippen LogP) is 4.46. The summed E-state index contributed by atoms with van der Waals surface area (Å²) >= 11 is 9.97. The van der Waals surface area contributed by atoms with Crippen LogP contribution in [0.3, 0.4) is 0 Å². The van der Waals surface area contributed by atoms with Gasteiger partial charge in [0.15, 0.2) is 0 Å². The van der Waals surface area contributed by atoms with E-state index in [2.05, 4.69) is 54.4 Å². The van der Waals surface area contributed by atoms with Crippen molar-refractivity contribution in [2.45, 2.75) is 6.92 Å². The van der Waals surface area contributed by atoms with Gasteiger partial charge in [-0.15, -0.1) is 0 Å². The Bertz CT molecular complexity index is 427. The molecule has 0 amide bonds. The molecule has 0 aliphatic heterocycles. The van der Waals surface area contributed by atoms with Gasteiger partial charge in [0.1, 0.15) is 5.75 Å². The first-order chi connectivity index (χ1) is 6.91. The quantitative estimate of drug-likeness (QED) is 0.318. The first-order valence-electron chi connectivity index (χ1n) is 3.94. The highest BCUT2D eigenvalue weighted by Gasteiger charge is 2.10. The maximum atomic E-state index is 11.3. The van der Waals surface area contributed by atoms with Crippen LogP contribution in [0.1, 0.15) is 6.92 Å². The van der Waals surface area contributed by atoms with Crippen LogP contribution in [0.4, 0.5) is 0 Å². The summed E-state index contributed by atoms with van der Waals surface area (Å²) in [5, 5.41) is 0. The average Bonchev–Trinajstić information content (AvgIpc) is 2.13. The molecule has 5 heteroatoms. The lowest BCUT2D eigenvalue weighted by molar-refractivity contribution is -0.130. The van der Waals surface area contributed by atoms with Crippen molar-refractivity contribution < 1.29 is 9.53 Å². The predicted molar refractivity (Wildman–Crippen MR) is 70.0 cm³/mol. The van der Waals surface area contributed by atoms with E-state index in [1.807, 2.05) is 0 Å². The number of halogens is 3. The molecule has 2 nitrogen and oxygen atoms in total. The van der Waals surface area contributed by atoms with Gasteiger partial charge in [0.05, 0.1) is 4.47 Å². The zero-order valence-electron chi connectivity index (χ0n) is 7.81. The monoisotopic (exact) mass is 396 g/mol. The van der Waals surface area contributed by atoms with E-state index in [9.17, 15) is 4.79 Å². The second-order valence-electron chi connectivity index (χ2n) is 2.87. The number of carbonyl (C=O) groups excluding carboxylic acids is 1. The van der Waals surface area contributed by atoms with Crippen molar-refractivity contribution in [1.82, 2.24) is 0 Å². The fourth-order valence-electron chi connectivity index (χ4n) is 0.770. The van der Waals surface area contributed by atoms with E-state index in [1.54, 1.807) is 19.1 Å². The third-order valence-electron chi connectivity index (χ3n) is 1.53. The molecule has 0 unspecified atom stereocenters. The van der Waals surface area contributed by atoms with Gasteiger partial charge in [0, 0.05) is 14.5 Å². The number of benzene rings is 1. The van der Waals surface area contributed by atoms with Crippen molar-refractivity contribution in [2.24, 2.45) is 0 Å². The first-order valence-corrected chi connectivity index (χ1v) is 6.32. The minimum absolute atomic E-state index is 0.362. The van der Waals surface area contributed by atoms with Crippen LogP contribution >= 0.6 is 47.8 Å². The topological polar surface area (TPSA) is 26.3 Å². The van der Waals surface area contributed by atoms with Crippen molar-refractivity contribution in [3.05, 3.63) is 37.7 Å². The van der Waals surface area contributed by atoms with Crippen LogP contribution in [0, 0.1) is 0 Å². The van der Waals surface area contributed by atoms with E-state index >= 15 is 0 Å². The summed E-state index contributed by atoms with van der Waals surface area (Å²) < 4.78 is 7.50. The number of carbonyl (C=O) groups is 1. The zero-order chi connectivity index (χ0) is 11.6. The molecule has 1 aromatic rings. The van der Waals surface area contributed by atoms with Gasteiger partial charge in [-0.3, -0.25) is 0 Å². The lowest BCUT2D eigenvalue weighted by Crippen LogP contribution is -2.08. The zero-order valence-corrected chi connectivity index (χ0v) is 12.6. The molecule has 1 rings (SSSR count). The number of rotatable bonds is 2. The van der Waals surface area contributed by atoms with Gasteiger partial charge in [-0.05, 0) is 66.8 Å². The van der Waals surface area contributed by atoms with Gasteiger partial charge in [0.2, 0.25) is 0 Å². The molecule has 0 N–H and O–H groups in total. The standard InChI is InChI=1S/C10H7Br3O2/c1-5(2)10(14)15-9-4-7(12)6(11)3-8(9)13/h3-4H,1H2,2H3. The van der Waals surface area contributed by atoms with Gasteiger partial charge < -0.3 is 4.74 Å². The van der Waals surface area contributed by atoms with E-state index in [4.69, 9.17) is 4.74 Å². The van der Waals surface area contributed by atoms with Gasteiger partial charge >= 0.3 is 5.97 Å². The van der Waals surface area contributed by atoms with Crippen molar-refractivity contribution in [3.8, 4) is 5.75 Å². The van der Waals surface area contributed by atoms with Crippen molar-refractivity contribution >= 4 is 53.8 Å². The van der Waals surface area contributed by atoms with Crippen LogP contribution in [0.5, 0.6) is 5.75 Å². The van der Waals surface area contributed by atoms with E-state index in [0.29, 0.717) is 15.8 Å². The van der Waals surface area contributed by atoms with Gasteiger partial charge in [-0.25, -0.2) is 4.79 Å². The molecule has 0 fully saturated rings. The van der Waals surface area contributed by atoms with Crippen LogP contribution in [0.2, 0.25) is 0 Å². The third kappa shape index (κ3) is 3.43. The Morgan fingerprint density at radius 3 is 2.27 bits per heavy atom. The highest BCUT2D eigenvalue weighted by molar-refractivity contribution is 9.13. The average molecular weight is 399 g/mol. The highest BCUT2D eigenvalue weighted by Crippen LogP contribution is 2.34. The fraction of sp³-hybridized carbons (Fsp3) is 0.100. The normalized spacial score (nSPS) is 9.87. The fourth-order valence-corrected chi connectivity index (χ4v) is 2.17. The summed E-state index contributed by atoms with van der Waals surface area (Å²) in [6, 6.07) is 3.50. The third-order valence-corrected chi connectivity index (χ3v) is 3.99. The highest BCUT2D eigenvalue weighted by atomic mass is 79.9. The summed E-state index contributed by atoms with van der Waals surface area (Å²) in [4.78, 5) is 11.3. The van der Waals surface area contributed by atoms with Crippen LogP contribution in [0.25, 0.3) is 0 Å². The molecule has 0 aliphatic rings. The first kappa shape index (κ1) is 12.9. The Morgan fingerprint density at radius 2 is 1.73 bits per heavy atom. The van der Waals surface area contributed by atoms with E-state index in [0.717, 1.165) is 8.95 Å². The summed E-state index contributed by atoms with van der Waals surface area (Å²) in [5.41, 5.74) is 0.362. The summed E-state index contributed by atoms with van der Waals surface area (Å²) in [6.07, 6.45) is 0. The Balaban J connectivity index is 3.01. The van der Waals surface area contributed by atoms with Gasteiger partial charge in [0.25, 0.3) is 0 Å². The minimum Gasteiger partial charge on any atom is -0.422 e. The molecule has 0 heterocycles. The molecule has 0 spiro atoms. The molecule has 0 bridgehead atoms. The summed E-state index contributed by atoms with van der Waals surface area (Å²) in [6.45, 7) is 5.11. The van der Waals surface area contributed by atoms with Crippen molar-refractivity contribution in [2.75, 3.05) is 0 Å². The van der Waals surface area contributed by atoms with Gasteiger partial charge in [-0.2, -0.15) is 0 Å². The molecular weight excluding hydrogens is 392 g/mol. The molecule has 0 aromatic heterocycles. The number of hydrogen-bond acceptors (Lipinski definition) is 2. The Morgan fingerprint density at radius 1 is 1.20 bits per heavy atom. The van der Waals surface area contributed by atoms with Crippen LogP contribution in [-0.2, 0) is 4.79 Å². The number of esters is 1. The molecule has 0 radical (unpaired) electrons. The van der Waals surface area contributed by atoms with E-state index in [1.165, 1.54) is 0 Å². The Hall–Kier alpha value is -0.130. The van der Waals surface area contributed by atoms with Gasteiger partial charge in [-0.1, -0.05) is 6.58 Å². The van der Waals surface area contributed by atoms with Crippen LogP contribution in [0.15, 0.2) is 37.7 Å². The lowest BCUT2D eigenvalue weighted by atomic mass is 10.3. The molecule has 15 heavy (non-hydrogen) atoms. The second kappa shape index (κ2) is 5.27. The minimum atomic E-state index is -0.440. The van der Waals surface area contributed by atoms with E-state index in [-0.39, 0.29) is 0 Å². The number of hydrogen-bond donors (Lipinski definition) is 0. The Labute approximate surface area is 113 Å². The van der Waals surface area contributed by atoms with Crippen molar-refractivity contribution in [1.29, 1.82) is 0 Å². The molecular formula is C10H7Br3O2. The van der Waals surface area contributed by atoms with E-state index < -0.39 is 5.97 Å². The molecule has 0 saturated carbocycles. The Kier molecular flexibility index (Phi) is 4.55. The lowest BCUT2D eigenvalue weighted by Gasteiger charge is -2.07. The molecule has 80 valence electrons. The SMILES string of the molecule is C=C(C)C(=O)Oc1cc(Br)c(Br)cc1Br. The molecule has 1 aromatic carbocycles. The second-order valence-corrected chi connectivity index (χ2v) is 5.43. The van der Waals surface area contributed by atoms with Crippen LogP contribution in [-0.4, -0.2) is 5.97 Å². The summed E-state index contributed by atoms with van der Waals surface area (Å²) in [5.74, 6) is 0.0167. The van der Waals surface area contributed by atoms with Crippen molar-refractivity contribution in [3.63, 3.8) is 0 Å². The van der Waals surface area contributed by atoms with Crippen LogP contribution < -0.4 is 4.74 Å². The maximum absolute atomic E-state index is 11.3. The summed E-state index contributed by atoms with van der Waals surface area (Å²) in [7, 11) is 0. The molecule has 0 saturated heterocycles. The molecule has 0 aliphatic carbocycles. The smallest absolute Gasteiger partial charge is 0.338 e.